The minimum Gasteiger partial charge on any atom is -0.397 e. The predicted molar refractivity (Wildman–Crippen MR) is 75.8 cm³/mol. The van der Waals surface area contributed by atoms with Gasteiger partial charge in [-0.05, 0) is 31.4 Å². The summed E-state index contributed by atoms with van der Waals surface area (Å²) >= 11 is 0. The number of nitrogens with two attached hydrogens (primary N) is 1. The van der Waals surface area contributed by atoms with E-state index in [9.17, 15) is 0 Å². The lowest BCUT2D eigenvalue weighted by Gasteiger charge is -2.26. The zero-order chi connectivity index (χ0) is 12.5. The maximum atomic E-state index is 6.20. The molecule has 18 heavy (non-hydrogen) atoms. The molecule has 1 aromatic heterocycles. The summed E-state index contributed by atoms with van der Waals surface area (Å²) < 4.78 is 0. The molecule has 1 heterocycles. The van der Waals surface area contributed by atoms with Gasteiger partial charge >= 0.3 is 0 Å². The number of nitrogens with zero attached hydrogens (tertiary/aromatic N) is 2. The molecule has 1 aliphatic carbocycles. The average Bonchev–Trinajstić information content (AvgIpc) is 3.09. The van der Waals surface area contributed by atoms with E-state index in [2.05, 4.69) is 28.1 Å². The number of aromatic amines is 1. The highest BCUT2D eigenvalue weighted by atomic mass is 15.2. The van der Waals surface area contributed by atoms with Crippen LogP contribution >= 0.6 is 0 Å². The van der Waals surface area contributed by atoms with Crippen molar-refractivity contribution >= 4 is 22.3 Å². The molecule has 96 valence electrons. The molecule has 1 fully saturated rings. The van der Waals surface area contributed by atoms with E-state index in [-0.39, 0.29) is 0 Å². The first kappa shape index (κ1) is 11.4. The van der Waals surface area contributed by atoms with Crippen LogP contribution in [0.5, 0.6) is 0 Å². The minimum atomic E-state index is 0.694. The molecule has 0 aliphatic heterocycles. The summed E-state index contributed by atoms with van der Waals surface area (Å²) in [7, 11) is 0. The second kappa shape index (κ2) is 4.52. The van der Waals surface area contributed by atoms with E-state index in [1.54, 1.807) is 0 Å². The van der Waals surface area contributed by atoms with Crippen molar-refractivity contribution in [2.24, 2.45) is 0 Å². The molecule has 3 rings (SSSR count). The van der Waals surface area contributed by atoms with Gasteiger partial charge in [-0.2, -0.15) is 5.10 Å². The molecular formula is C14H20N4. The zero-order valence-electron chi connectivity index (χ0n) is 10.8. The van der Waals surface area contributed by atoms with Crippen molar-refractivity contribution in [1.29, 1.82) is 0 Å². The van der Waals surface area contributed by atoms with E-state index in [1.807, 2.05) is 12.3 Å². The predicted octanol–water partition coefficient (Wildman–Crippen LogP) is 2.91. The van der Waals surface area contributed by atoms with E-state index < -0.39 is 0 Å². The topological polar surface area (TPSA) is 57.9 Å². The smallest absolute Gasteiger partial charge is 0.0672 e. The van der Waals surface area contributed by atoms with Crippen LogP contribution in [0.1, 0.15) is 32.6 Å². The van der Waals surface area contributed by atoms with Gasteiger partial charge in [0, 0.05) is 18.0 Å². The van der Waals surface area contributed by atoms with Gasteiger partial charge in [-0.25, -0.2) is 0 Å². The van der Waals surface area contributed by atoms with Gasteiger partial charge in [-0.3, -0.25) is 5.10 Å². The summed E-state index contributed by atoms with van der Waals surface area (Å²) in [4.78, 5) is 2.47. The number of fused-ring (bicyclic) bond motifs is 1. The Morgan fingerprint density at radius 3 is 3.00 bits per heavy atom. The van der Waals surface area contributed by atoms with Crippen LogP contribution in [0.15, 0.2) is 18.3 Å². The van der Waals surface area contributed by atoms with Crippen molar-refractivity contribution in [3.63, 3.8) is 0 Å². The van der Waals surface area contributed by atoms with Crippen LogP contribution in [0.4, 0.5) is 11.4 Å². The lowest BCUT2D eigenvalue weighted by molar-refractivity contribution is 0.714. The first-order chi connectivity index (χ1) is 8.79. The summed E-state index contributed by atoms with van der Waals surface area (Å²) in [5, 5.41) is 8.18. The van der Waals surface area contributed by atoms with Crippen molar-refractivity contribution in [2.45, 2.75) is 38.6 Å². The number of aromatic nitrogens is 2. The summed E-state index contributed by atoms with van der Waals surface area (Å²) in [6.07, 6.45) is 6.85. The fraction of sp³-hybridized carbons (Fsp3) is 0.500. The highest BCUT2D eigenvalue weighted by Gasteiger charge is 2.30. The van der Waals surface area contributed by atoms with Gasteiger partial charge < -0.3 is 10.6 Å². The Bertz CT molecular complexity index is 542. The fourth-order valence-corrected chi connectivity index (χ4v) is 2.46. The first-order valence-electron chi connectivity index (χ1n) is 6.79. The van der Waals surface area contributed by atoms with E-state index >= 15 is 0 Å². The third kappa shape index (κ3) is 2.03. The molecule has 0 saturated heterocycles. The molecule has 0 amide bonds. The van der Waals surface area contributed by atoms with Crippen LogP contribution in [-0.4, -0.2) is 22.8 Å². The quantitative estimate of drug-likeness (QED) is 0.795. The summed E-state index contributed by atoms with van der Waals surface area (Å²) in [5.74, 6) is 0. The van der Waals surface area contributed by atoms with Crippen molar-refractivity contribution in [3.05, 3.63) is 18.3 Å². The first-order valence-corrected chi connectivity index (χ1v) is 6.79. The molecule has 4 heteroatoms. The number of hydrogen-bond donors (Lipinski definition) is 2. The molecule has 2 aromatic rings. The Morgan fingerprint density at radius 2 is 2.28 bits per heavy atom. The highest BCUT2D eigenvalue weighted by Crippen LogP contribution is 2.36. The molecule has 1 aliphatic rings. The molecule has 0 atom stereocenters. The SMILES string of the molecule is CCCCN(c1cc2[nH]ncc2cc1N)C1CC1. The molecule has 0 unspecified atom stereocenters. The Kier molecular flexibility index (Phi) is 2.86. The molecule has 3 N–H and O–H groups in total. The van der Waals surface area contributed by atoms with Crippen LogP contribution in [0.2, 0.25) is 0 Å². The third-order valence-electron chi connectivity index (χ3n) is 3.64. The van der Waals surface area contributed by atoms with E-state index in [0.29, 0.717) is 6.04 Å². The molecule has 1 aromatic carbocycles. The molecule has 0 radical (unpaired) electrons. The zero-order valence-corrected chi connectivity index (χ0v) is 10.8. The lowest BCUT2D eigenvalue weighted by Crippen LogP contribution is -2.27. The van der Waals surface area contributed by atoms with Gasteiger partial charge in [-0.1, -0.05) is 13.3 Å². The molecule has 4 nitrogen and oxygen atoms in total. The third-order valence-corrected chi connectivity index (χ3v) is 3.64. The van der Waals surface area contributed by atoms with Gasteiger partial charge in [0.1, 0.15) is 0 Å². The summed E-state index contributed by atoms with van der Waals surface area (Å²) in [5.41, 5.74) is 9.31. The Hall–Kier alpha value is -1.71. The monoisotopic (exact) mass is 244 g/mol. The molecule has 1 saturated carbocycles. The van der Waals surface area contributed by atoms with Gasteiger partial charge in [0.25, 0.3) is 0 Å². The van der Waals surface area contributed by atoms with Crippen molar-refractivity contribution in [1.82, 2.24) is 10.2 Å². The number of nitrogen functional groups attached to an aromatic ring is 1. The van der Waals surface area contributed by atoms with Gasteiger partial charge in [0.2, 0.25) is 0 Å². The second-order valence-corrected chi connectivity index (χ2v) is 5.15. The number of benzene rings is 1. The number of nitrogens with one attached hydrogen (secondary N) is 1. The lowest BCUT2D eigenvalue weighted by atomic mass is 10.1. The van der Waals surface area contributed by atoms with Crippen LogP contribution in [0, 0.1) is 0 Å². The minimum absolute atomic E-state index is 0.694. The number of anilines is 2. The average molecular weight is 244 g/mol. The van der Waals surface area contributed by atoms with Gasteiger partial charge in [-0.15, -0.1) is 0 Å². The standard InChI is InChI=1S/C14H20N4/c1-2-3-6-18(11-4-5-11)14-8-13-10(7-12(14)15)9-16-17-13/h7-9,11H,2-6,15H2,1H3,(H,16,17). The summed E-state index contributed by atoms with van der Waals surface area (Å²) in [6, 6.07) is 4.86. The van der Waals surface area contributed by atoms with Crippen LogP contribution < -0.4 is 10.6 Å². The van der Waals surface area contributed by atoms with Gasteiger partial charge in [0.15, 0.2) is 0 Å². The normalized spacial score (nSPS) is 15.2. The second-order valence-electron chi connectivity index (χ2n) is 5.15. The number of unbranched alkanes of at least 4 members (excludes halogenated alkanes) is 1. The van der Waals surface area contributed by atoms with Crippen LogP contribution in [0.25, 0.3) is 10.9 Å². The Balaban J connectivity index is 1.96. The largest absolute Gasteiger partial charge is 0.397 e. The van der Waals surface area contributed by atoms with Crippen LogP contribution in [-0.2, 0) is 0 Å². The Labute approximate surface area is 107 Å². The maximum absolute atomic E-state index is 6.20. The van der Waals surface area contributed by atoms with E-state index in [4.69, 9.17) is 5.73 Å². The molecule has 0 spiro atoms. The molecular weight excluding hydrogens is 224 g/mol. The van der Waals surface area contributed by atoms with Crippen LogP contribution in [0.3, 0.4) is 0 Å². The van der Waals surface area contributed by atoms with Crippen molar-refractivity contribution < 1.29 is 0 Å². The number of hydrogen-bond acceptors (Lipinski definition) is 3. The molecule has 0 bridgehead atoms. The Morgan fingerprint density at radius 1 is 1.44 bits per heavy atom. The van der Waals surface area contributed by atoms with E-state index in [1.165, 1.54) is 31.4 Å². The van der Waals surface area contributed by atoms with E-state index in [0.717, 1.165) is 23.1 Å². The number of H-pyrrole nitrogens is 1. The summed E-state index contributed by atoms with van der Waals surface area (Å²) in [6.45, 7) is 3.33. The number of rotatable bonds is 5. The fourth-order valence-electron chi connectivity index (χ4n) is 2.46. The van der Waals surface area contributed by atoms with Gasteiger partial charge in [0.05, 0.1) is 23.1 Å². The highest BCUT2D eigenvalue weighted by molar-refractivity contribution is 5.89. The van der Waals surface area contributed by atoms with Crippen molar-refractivity contribution in [2.75, 3.05) is 17.2 Å². The van der Waals surface area contributed by atoms with Crippen molar-refractivity contribution in [3.8, 4) is 0 Å². The maximum Gasteiger partial charge on any atom is 0.0672 e.